The zero-order chi connectivity index (χ0) is 55.5. The SMILES string of the molecule is CC/C=C\C/C=C\C/C=C\CCCCCC(=O)OCC(COP(=O)(O)OCC(CO)OC(=O)CCCCCCCCCCCCCCCCCCC)OC(=O)CCCCCCCCCCC/C=C\CCCCCCCC. The lowest BCUT2D eigenvalue weighted by Crippen LogP contribution is -2.30. The Morgan fingerprint density at radius 1 is 0.382 bits per heavy atom. The molecule has 0 fully saturated rings. The van der Waals surface area contributed by atoms with Crippen molar-refractivity contribution < 1.29 is 52.2 Å². The Labute approximate surface area is 466 Å². The number of phosphoric acid groups is 1. The second kappa shape index (κ2) is 58.6. The van der Waals surface area contributed by atoms with E-state index in [-0.39, 0.29) is 25.9 Å². The Bertz CT molecular complexity index is 1460. The maximum absolute atomic E-state index is 12.9. The molecule has 0 aliphatic rings. The molecule has 0 aromatic rings. The van der Waals surface area contributed by atoms with Crippen LogP contribution in [0.15, 0.2) is 48.6 Å². The predicted octanol–water partition coefficient (Wildman–Crippen LogP) is 18.9. The van der Waals surface area contributed by atoms with E-state index in [1.54, 1.807) is 0 Å². The van der Waals surface area contributed by atoms with Crippen LogP contribution in [0.2, 0.25) is 0 Å². The Balaban J connectivity index is 4.66. The second-order valence-electron chi connectivity index (χ2n) is 21.2. The molecule has 0 saturated carbocycles. The number of phosphoric ester groups is 1. The van der Waals surface area contributed by atoms with Crippen molar-refractivity contribution in [2.45, 2.75) is 315 Å². The molecule has 0 aliphatic carbocycles. The highest BCUT2D eigenvalue weighted by atomic mass is 31.2. The number of aliphatic hydroxyl groups is 1. The van der Waals surface area contributed by atoms with E-state index in [2.05, 4.69) is 69.4 Å². The Morgan fingerprint density at radius 2 is 0.684 bits per heavy atom. The van der Waals surface area contributed by atoms with Crippen LogP contribution >= 0.6 is 7.82 Å². The third kappa shape index (κ3) is 56.2. The zero-order valence-electron chi connectivity index (χ0n) is 49.2. The number of hydrogen-bond donors (Lipinski definition) is 2. The molecule has 76 heavy (non-hydrogen) atoms. The van der Waals surface area contributed by atoms with Crippen molar-refractivity contribution in [2.24, 2.45) is 0 Å². The number of unbranched alkanes of at least 4 members (excludes halogenated alkanes) is 34. The minimum Gasteiger partial charge on any atom is -0.462 e. The van der Waals surface area contributed by atoms with Crippen molar-refractivity contribution in [3.05, 3.63) is 48.6 Å². The van der Waals surface area contributed by atoms with Gasteiger partial charge in [0.15, 0.2) is 6.10 Å². The third-order valence-corrected chi connectivity index (χ3v) is 14.7. The molecular weight excluding hydrogens is 976 g/mol. The van der Waals surface area contributed by atoms with Crippen molar-refractivity contribution in [1.82, 2.24) is 0 Å². The first kappa shape index (κ1) is 73.4. The minimum absolute atomic E-state index is 0.161. The van der Waals surface area contributed by atoms with E-state index in [0.29, 0.717) is 19.3 Å². The standard InChI is InChI=1S/C64H117O11P/c1-4-7-10-13-16-19-22-25-27-29-30-32-34-37-40-43-46-49-52-55-64(68)75-61(57-71-62(66)53-50-47-44-41-38-35-24-21-18-15-12-9-6-3)59-73-76(69,70)72-58-60(56-65)74-63(67)54-51-48-45-42-39-36-33-31-28-26-23-20-17-14-11-8-5-2/h9,12,18,21,25,27,35,38,60-61,65H,4-8,10-11,13-17,19-20,22-24,26,28-34,36-37,39-59H2,1-3H3,(H,69,70)/b12-9-,21-18-,27-25-,38-35-. The number of carbonyl (C=O) groups excluding carboxylic acids is 3. The van der Waals surface area contributed by atoms with E-state index < -0.39 is 57.8 Å². The lowest BCUT2D eigenvalue weighted by Gasteiger charge is -2.21. The molecule has 0 rings (SSSR count). The van der Waals surface area contributed by atoms with Crippen molar-refractivity contribution >= 4 is 25.7 Å². The summed E-state index contributed by atoms with van der Waals surface area (Å²) in [5.74, 6) is -1.48. The van der Waals surface area contributed by atoms with Crippen LogP contribution in [0.25, 0.3) is 0 Å². The van der Waals surface area contributed by atoms with Gasteiger partial charge in [0.1, 0.15) is 12.7 Å². The Kier molecular flexibility index (Phi) is 56.6. The molecule has 11 nitrogen and oxygen atoms in total. The predicted molar refractivity (Wildman–Crippen MR) is 316 cm³/mol. The summed E-state index contributed by atoms with van der Waals surface area (Å²) in [6, 6.07) is 0. The summed E-state index contributed by atoms with van der Waals surface area (Å²) in [6.07, 6.45) is 63.6. The van der Waals surface area contributed by atoms with Crippen LogP contribution in [0, 0.1) is 0 Å². The molecule has 12 heteroatoms. The van der Waals surface area contributed by atoms with Gasteiger partial charge in [0.05, 0.1) is 19.8 Å². The molecule has 444 valence electrons. The summed E-state index contributed by atoms with van der Waals surface area (Å²) in [7, 11) is -4.75. The number of rotatable bonds is 59. The summed E-state index contributed by atoms with van der Waals surface area (Å²) in [6.45, 7) is 4.55. The van der Waals surface area contributed by atoms with Gasteiger partial charge in [0.25, 0.3) is 0 Å². The highest BCUT2D eigenvalue weighted by Crippen LogP contribution is 2.43. The van der Waals surface area contributed by atoms with Crippen molar-refractivity contribution in [3.8, 4) is 0 Å². The minimum atomic E-state index is -4.75. The van der Waals surface area contributed by atoms with Crippen LogP contribution in [-0.2, 0) is 42.2 Å². The molecule has 0 spiro atoms. The summed E-state index contributed by atoms with van der Waals surface area (Å²) in [5.41, 5.74) is 0. The van der Waals surface area contributed by atoms with Gasteiger partial charge in [-0.1, -0.05) is 256 Å². The van der Waals surface area contributed by atoms with E-state index in [9.17, 15) is 28.9 Å². The van der Waals surface area contributed by atoms with Gasteiger partial charge in [0, 0.05) is 19.3 Å². The van der Waals surface area contributed by atoms with Crippen LogP contribution in [0.1, 0.15) is 303 Å². The van der Waals surface area contributed by atoms with E-state index in [1.165, 1.54) is 167 Å². The van der Waals surface area contributed by atoms with E-state index in [0.717, 1.165) is 77.0 Å². The van der Waals surface area contributed by atoms with Gasteiger partial charge in [-0.05, 0) is 77.0 Å². The van der Waals surface area contributed by atoms with Crippen LogP contribution < -0.4 is 0 Å². The molecule has 0 aromatic carbocycles. The smallest absolute Gasteiger partial charge is 0.462 e. The molecular formula is C64H117O11P. The normalized spacial score (nSPS) is 13.6. The summed E-state index contributed by atoms with van der Waals surface area (Å²) in [4.78, 5) is 48.7. The fourth-order valence-electron chi connectivity index (χ4n) is 8.96. The summed E-state index contributed by atoms with van der Waals surface area (Å²) >= 11 is 0. The van der Waals surface area contributed by atoms with Gasteiger partial charge in [-0.15, -0.1) is 0 Å². The molecule has 0 aromatic heterocycles. The molecule has 2 N–H and O–H groups in total. The van der Waals surface area contributed by atoms with Gasteiger partial charge in [-0.2, -0.15) is 0 Å². The average Bonchev–Trinajstić information content (AvgIpc) is 3.41. The molecule has 0 amide bonds. The van der Waals surface area contributed by atoms with E-state index in [1.807, 2.05) is 0 Å². The second-order valence-corrected chi connectivity index (χ2v) is 22.7. The number of carbonyl (C=O) groups is 3. The fourth-order valence-corrected chi connectivity index (χ4v) is 9.74. The monoisotopic (exact) mass is 1090 g/mol. The maximum Gasteiger partial charge on any atom is 0.472 e. The Hall–Kier alpha value is -2.56. The highest BCUT2D eigenvalue weighted by molar-refractivity contribution is 7.47. The number of ether oxygens (including phenoxy) is 3. The van der Waals surface area contributed by atoms with Crippen LogP contribution in [0.5, 0.6) is 0 Å². The maximum atomic E-state index is 12.9. The van der Waals surface area contributed by atoms with Crippen molar-refractivity contribution in [1.29, 1.82) is 0 Å². The molecule has 3 atom stereocenters. The fraction of sp³-hybridized carbons (Fsp3) is 0.828. The number of esters is 3. The third-order valence-electron chi connectivity index (χ3n) is 13.7. The molecule has 0 heterocycles. The molecule has 0 aliphatic heterocycles. The van der Waals surface area contributed by atoms with Crippen LogP contribution in [-0.4, -0.2) is 66.5 Å². The molecule has 0 radical (unpaired) electrons. The average molecular weight is 1090 g/mol. The largest absolute Gasteiger partial charge is 0.472 e. The zero-order valence-corrected chi connectivity index (χ0v) is 50.1. The van der Waals surface area contributed by atoms with E-state index >= 15 is 0 Å². The van der Waals surface area contributed by atoms with Crippen molar-refractivity contribution in [2.75, 3.05) is 26.4 Å². The van der Waals surface area contributed by atoms with Crippen LogP contribution in [0.4, 0.5) is 0 Å². The summed E-state index contributed by atoms with van der Waals surface area (Å²) < 4.78 is 39.6. The topological polar surface area (TPSA) is 155 Å². The molecule has 3 unspecified atom stereocenters. The highest BCUT2D eigenvalue weighted by Gasteiger charge is 2.28. The quantitative estimate of drug-likeness (QED) is 0.0197. The number of aliphatic hydroxyl groups excluding tert-OH is 1. The Morgan fingerprint density at radius 3 is 1.08 bits per heavy atom. The van der Waals surface area contributed by atoms with E-state index in [4.69, 9.17) is 23.3 Å². The first-order valence-electron chi connectivity index (χ1n) is 31.5. The number of hydrogen-bond acceptors (Lipinski definition) is 10. The first-order valence-corrected chi connectivity index (χ1v) is 33.0. The molecule has 0 saturated heterocycles. The lowest BCUT2D eigenvalue weighted by atomic mass is 10.0. The summed E-state index contributed by atoms with van der Waals surface area (Å²) in [5, 5.41) is 9.84. The van der Waals surface area contributed by atoms with Crippen LogP contribution in [0.3, 0.4) is 0 Å². The lowest BCUT2D eigenvalue weighted by molar-refractivity contribution is -0.161. The van der Waals surface area contributed by atoms with Gasteiger partial charge in [0.2, 0.25) is 0 Å². The van der Waals surface area contributed by atoms with Gasteiger partial charge in [-0.25, -0.2) is 4.57 Å². The van der Waals surface area contributed by atoms with Crippen molar-refractivity contribution in [3.63, 3.8) is 0 Å². The van der Waals surface area contributed by atoms with Gasteiger partial charge < -0.3 is 24.2 Å². The first-order chi connectivity index (χ1) is 37.2. The number of allylic oxidation sites excluding steroid dienone is 8. The van der Waals surface area contributed by atoms with Gasteiger partial charge in [-0.3, -0.25) is 23.4 Å². The van der Waals surface area contributed by atoms with Gasteiger partial charge >= 0.3 is 25.7 Å². The molecule has 0 bridgehead atoms.